The molecule has 2 rings (SSSR count). The molecular weight excluding hydrogens is 232 g/mol. The van der Waals surface area contributed by atoms with Gasteiger partial charge in [-0.15, -0.1) is 0 Å². The molecule has 1 aliphatic heterocycles. The molecule has 0 spiro atoms. The highest BCUT2D eigenvalue weighted by atomic mass is 16.4. The van der Waals surface area contributed by atoms with Gasteiger partial charge in [-0.2, -0.15) is 0 Å². The fraction of sp³-hybridized carbons (Fsp3) is 0.385. The molecule has 1 N–H and O–H groups in total. The Balaban J connectivity index is 2.34. The van der Waals surface area contributed by atoms with Crippen molar-refractivity contribution in [3.63, 3.8) is 0 Å². The van der Waals surface area contributed by atoms with E-state index in [2.05, 4.69) is 0 Å². The van der Waals surface area contributed by atoms with Crippen molar-refractivity contribution < 1.29 is 14.7 Å². The van der Waals surface area contributed by atoms with Crippen LogP contribution < -0.4 is 9.80 Å². The average Bonchev–Trinajstić information content (AvgIpc) is 2.71. The number of carbonyl (C=O) groups excluding carboxylic acids is 1. The van der Waals surface area contributed by atoms with E-state index in [0.717, 1.165) is 11.4 Å². The number of carboxylic acid groups (broad SMARTS) is 1. The summed E-state index contributed by atoms with van der Waals surface area (Å²) in [4.78, 5) is 26.5. The van der Waals surface area contributed by atoms with E-state index in [-0.39, 0.29) is 5.91 Å². The van der Waals surface area contributed by atoms with Crippen LogP contribution in [0.3, 0.4) is 0 Å². The number of aliphatic carboxylic acids is 1. The number of amides is 1. The fourth-order valence-corrected chi connectivity index (χ4v) is 2.22. The zero-order valence-corrected chi connectivity index (χ0v) is 10.5. The highest BCUT2D eigenvalue weighted by molar-refractivity contribution is 6.09. The Kier molecular flexibility index (Phi) is 3.23. The molecule has 1 amide bonds. The standard InChI is InChI=1S/C13H16N2O3/c1-14(2)10-5-3-4-6-11(10)15-8-7-9(12(15)16)13(17)18/h3-6,9H,7-8H2,1-2H3,(H,17,18). The molecule has 0 radical (unpaired) electrons. The molecule has 1 aromatic carbocycles. The summed E-state index contributed by atoms with van der Waals surface area (Å²) < 4.78 is 0. The molecule has 5 nitrogen and oxygen atoms in total. The van der Waals surface area contributed by atoms with Crippen molar-refractivity contribution in [2.75, 3.05) is 30.4 Å². The van der Waals surface area contributed by atoms with E-state index in [1.807, 2.05) is 43.3 Å². The maximum atomic E-state index is 12.0. The molecule has 1 saturated heterocycles. The number of carboxylic acids is 1. The normalized spacial score (nSPS) is 19.1. The van der Waals surface area contributed by atoms with Crippen LogP contribution in [0, 0.1) is 5.92 Å². The predicted octanol–water partition coefficient (Wildman–Crippen LogP) is 1.19. The fourth-order valence-electron chi connectivity index (χ4n) is 2.22. The molecule has 1 heterocycles. The molecule has 1 aliphatic rings. The van der Waals surface area contributed by atoms with Gasteiger partial charge in [0.1, 0.15) is 5.92 Å². The van der Waals surface area contributed by atoms with Crippen LogP contribution in [0.25, 0.3) is 0 Å². The third-order valence-corrected chi connectivity index (χ3v) is 3.16. The molecule has 0 aromatic heterocycles. The highest BCUT2D eigenvalue weighted by Crippen LogP contribution is 2.32. The number of rotatable bonds is 3. The van der Waals surface area contributed by atoms with E-state index in [0.29, 0.717) is 13.0 Å². The zero-order valence-electron chi connectivity index (χ0n) is 10.5. The Hall–Kier alpha value is -2.04. The highest BCUT2D eigenvalue weighted by Gasteiger charge is 2.38. The van der Waals surface area contributed by atoms with Crippen molar-refractivity contribution in [2.24, 2.45) is 5.92 Å². The maximum absolute atomic E-state index is 12.0. The Morgan fingerprint density at radius 1 is 1.39 bits per heavy atom. The Morgan fingerprint density at radius 2 is 2.06 bits per heavy atom. The van der Waals surface area contributed by atoms with E-state index >= 15 is 0 Å². The van der Waals surface area contributed by atoms with Gasteiger partial charge in [0, 0.05) is 20.6 Å². The minimum atomic E-state index is -1.04. The van der Waals surface area contributed by atoms with Crippen molar-refractivity contribution in [1.82, 2.24) is 0 Å². The van der Waals surface area contributed by atoms with Crippen LogP contribution in [-0.4, -0.2) is 37.6 Å². The summed E-state index contributed by atoms with van der Waals surface area (Å²) in [6, 6.07) is 7.51. The molecule has 18 heavy (non-hydrogen) atoms. The van der Waals surface area contributed by atoms with Gasteiger partial charge in [0.25, 0.3) is 0 Å². The van der Waals surface area contributed by atoms with Crippen LogP contribution in [0.5, 0.6) is 0 Å². The molecule has 5 heteroatoms. The SMILES string of the molecule is CN(C)c1ccccc1N1CCC(C(=O)O)C1=O. The van der Waals surface area contributed by atoms with Gasteiger partial charge in [0.2, 0.25) is 5.91 Å². The molecule has 1 aromatic rings. The Morgan fingerprint density at radius 3 is 2.61 bits per heavy atom. The second-order valence-corrected chi connectivity index (χ2v) is 4.55. The van der Waals surface area contributed by atoms with Gasteiger partial charge in [0.15, 0.2) is 0 Å². The number of hydrogen-bond donors (Lipinski definition) is 1. The van der Waals surface area contributed by atoms with Gasteiger partial charge < -0.3 is 14.9 Å². The molecule has 0 aliphatic carbocycles. The Bertz CT molecular complexity index is 485. The van der Waals surface area contributed by atoms with Gasteiger partial charge in [-0.3, -0.25) is 9.59 Å². The third kappa shape index (κ3) is 2.03. The van der Waals surface area contributed by atoms with Gasteiger partial charge in [-0.25, -0.2) is 0 Å². The molecule has 1 unspecified atom stereocenters. The number of anilines is 2. The van der Waals surface area contributed by atoms with E-state index in [1.165, 1.54) is 0 Å². The minimum Gasteiger partial charge on any atom is -0.481 e. The van der Waals surface area contributed by atoms with E-state index < -0.39 is 11.9 Å². The molecule has 96 valence electrons. The van der Waals surface area contributed by atoms with Crippen LogP contribution in [0.1, 0.15) is 6.42 Å². The van der Waals surface area contributed by atoms with Crippen molar-refractivity contribution in [3.8, 4) is 0 Å². The van der Waals surface area contributed by atoms with E-state index in [4.69, 9.17) is 5.11 Å². The molecular formula is C13H16N2O3. The summed E-state index contributed by atoms with van der Waals surface area (Å²) in [5.74, 6) is -2.26. The lowest BCUT2D eigenvalue weighted by atomic mass is 10.1. The topological polar surface area (TPSA) is 60.9 Å². The van der Waals surface area contributed by atoms with Crippen molar-refractivity contribution in [3.05, 3.63) is 24.3 Å². The van der Waals surface area contributed by atoms with Gasteiger partial charge in [-0.05, 0) is 18.6 Å². The minimum absolute atomic E-state index is 0.322. The summed E-state index contributed by atoms with van der Waals surface area (Å²) in [6.07, 6.45) is 0.371. The van der Waals surface area contributed by atoms with E-state index in [1.54, 1.807) is 4.90 Å². The third-order valence-electron chi connectivity index (χ3n) is 3.16. The lowest BCUT2D eigenvalue weighted by molar-refractivity contribution is -0.144. The van der Waals surface area contributed by atoms with Crippen molar-refractivity contribution in [2.45, 2.75) is 6.42 Å². The lowest BCUT2D eigenvalue weighted by Crippen LogP contribution is -2.31. The smallest absolute Gasteiger partial charge is 0.316 e. The van der Waals surface area contributed by atoms with Crippen LogP contribution in [0.15, 0.2) is 24.3 Å². The van der Waals surface area contributed by atoms with Crippen LogP contribution in [0.4, 0.5) is 11.4 Å². The lowest BCUT2D eigenvalue weighted by Gasteiger charge is -2.23. The zero-order chi connectivity index (χ0) is 13.3. The molecule has 0 bridgehead atoms. The summed E-state index contributed by atoms with van der Waals surface area (Å²) >= 11 is 0. The monoisotopic (exact) mass is 248 g/mol. The first-order valence-corrected chi connectivity index (χ1v) is 5.83. The van der Waals surface area contributed by atoms with Crippen LogP contribution in [-0.2, 0) is 9.59 Å². The summed E-state index contributed by atoms with van der Waals surface area (Å²) in [6.45, 7) is 0.459. The second kappa shape index (κ2) is 4.68. The van der Waals surface area contributed by atoms with Crippen LogP contribution in [0.2, 0.25) is 0 Å². The van der Waals surface area contributed by atoms with Crippen molar-refractivity contribution >= 4 is 23.3 Å². The summed E-state index contributed by atoms with van der Waals surface area (Å²) in [5.41, 5.74) is 1.69. The molecule has 1 atom stereocenters. The summed E-state index contributed by atoms with van der Waals surface area (Å²) in [7, 11) is 3.79. The largest absolute Gasteiger partial charge is 0.481 e. The number of para-hydroxylation sites is 2. The first-order valence-electron chi connectivity index (χ1n) is 5.83. The number of carbonyl (C=O) groups is 2. The molecule has 0 saturated carbocycles. The quantitative estimate of drug-likeness (QED) is 0.816. The summed E-state index contributed by atoms with van der Waals surface area (Å²) in [5, 5.41) is 8.97. The first kappa shape index (κ1) is 12.4. The van der Waals surface area contributed by atoms with Gasteiger partial charge in [0.05, 0.1) is 11.4 Å². The number of benzene rings is 1. The van der Waals surface area contributed by atoms with Crippen molar-refractivity contribution in [1.29, 1.82) is 0 Å². The maximum Gasteiger partial charge on any atom is 0.316 e. The van der Waals surface area contributed by atoms with Gasteiger partial charge in [-0.1, -0.05) is 12.1 Å². The molecule has 1 fully saturated rings. The second-order valence-electron chi connectivity index (χ2n) is 4.55. The van der Waals surface area contributed by atoms with E-state index in [9.17, 15) is 9.59 Å². The number of nitrogens with zero attached hydrogens (tertiary/aromatic N) is 2. The predicted molar refractivity (Wildman–Crippen MR) is 68.9 cm³/mol. The average molecular weight is 248 g/mol. The number of hydrogen-bond acceptors (Lipinski definition) is 3. The first-order chi connectivity index (χ1) is 8.52. The van der Waals surface area contributed by atoms with Crippen LogP contribution >= 0.6 is 0 Å². The Labute approximate surface area is 106 Å². The van der Waals surface area contributed by atoms with Gasteiger partial charge >= 0.3 is 5.97 Å².